The smallest absolute Gasteiger partial charge is 0.194 e. The second-order valence-corrected chi connectivity index (χ2v) is 6.11. The highest BCUT2D eigenvalue weighted by atomic mass is 32.2. The second kappa shape index (κ2) is 5.86. The van der Waals surface area contributed by atoms with Crippen LogP contribution in [0.4, 0.5) is 0 Å². The maximum absolute atomic E-state index is 9.12. The van der Waals surface area contributed by atoms with Crippen molar-refractivity contribution in [2.75, 3.05) is 13.2 Å². The number of rotatable bonds is 6. The fourth-order valence-corrected chi connectivity index (χ4v) is 3.23. The fourth-order valence-electron chi connectivity index (χ4n) is 1.54. The van der Waals surface area contributed by atoms with Crippen LogP contribution in [0.1, 0.15) is 19.5 Å². The lowest BCUT2D eigenvalue weighted by Crippen LogP contribution is -2.14. The zero-order chi connectivity index (χ0) is 12.3. The molecule has 2 heterocycles. The molecule has 0 aliphatic heterocycles. The normalized spacial score (nSPS) is 13.4. The van der Waals surface area contributed by atoms with E-state index in [2.05, 4.69) is 21.6 Å². The van der Waals surface area contributed by atoms with E-state index in [0.717, 1.165) is 23.1 Å². The van der Waals surface area contributed by atoms with Gasteiger partial charge in [0.05, 0.1) is 12.3 Å². The molecule has 2 aromatic heterocycles. The summed E-state index contributed by atoms with van der Waals surface area (Å²) in [5.74, 6) is 0. The first kappa shape index (κ1) is 12.9. The molecular weight excluding hydrogens is 254 g/mol. The Kier molecular flexibility index (Phi) is 4.44. The number of thiazole rings is 1. The van der Waals surface area contributed by atoms with Crippen LogP contribution in [0, 0.1) is 0 Å². The number of imidazole rings is 1. The van der Waals surface area contributed by atoms with Gasteiger partial charge in [0, 0.05) is 23.4 Å². The highest BCUT2D eigenvalue weighted by molar-refractivity contribution is 7.99. The number of hydrogen-bond donors (Lipinski definition) is 2. The van der Waals surface area contributed by atoms with Gasteiger partial charge in [-0.05, 0) is 6.54 Å². The molecule has 0 amide bonds. The molecule has 0 aliphatic carbocycles. The quantitative estimate of drug-likeness (QED) is 0.789. The summed E-state index contributed by atoms with van der Waals surface area (Å²) in [6, 6.07) is 0. The third kappa shape index (κ3) is 2.82. The lowest BCUT2D eigenvalue weighted by molar-refractivity contribution is 0.300. The topological polar surface area (TPSA) is 49.6 Å². The Hall–Kier alpha value is -0.560. The molecule has 2 rings (SSSR count). The van der Waals surface area contributed by atoms with Crippen molar-refractivity contribution in [1.82, 2.24) is 14.7 Å². The molecule has 2 N–H and O–H groups in total. The average molecular weight is 271 g/mol. The van der Waals surface area contributed by atoms with Crippen LogP contribution in [-0.2, 0) is 6.54 Å². The van der Waals surface area contributed by atoms with E-state index in [0.29, 0.717) is 0 Å². The monoisotopic (exact) mass is 271 g/mol. The summed E-state index contributed by atoms with van der Waals surface area (Å²) in [6.07, 6.45) is 2.05. The Morgan fingerprint density at radius 2 is 2.47 bits per heavy atom. The predicted molar refractivity (Wildman–Crippen MR) is 72.9 cm³/mol. The van der Waals surface area contributed by atoms with Gasteiger partial charge in [0.1, 0.15) is 5.03 Å². The summed E-state index contributed by atoms with van der Waals surface area (Å²) in [4.78, 5) is 5.63. The highest BCUT2D eigenvalue weighted by Gasteiger charge is 2.15. The van der Waals surface area contributed by atoms with Crippen molar-refractivity contribution in [2.45, 2.75) is 30.7 Å². The molecule has 0 radical (unpaired) electrons. The minimum absolute atomic E-state index is 0.177. The van der Waals surface area contributed by atoms with Crippen LogP contribution in [0.25, 0.3) is 4.96 Å². The molecule has 0 aromatic carbocycles. The van der Waals surface area contributed by atoms with Crippen LogP contribution in [0.15, 0.2) is 16.6 Å². The zero-order valence-electron chi connectivity index (χ0n) is 10.0. The minimum Gasteiger partial charge on any atom is -0.395 e. The van der Waals surface area contributed by atoms with Gasteiger partial charge in [-0.3, -0.25) is 4.40 Å². The van der Waals surface area contributed by atoms with Crippen molar-refractivity contribution in [3.63, 3.8) is 0 Å². The van der Waals surface area contributed by atoms with Gasteiger partial charge in [-0.1, -0.05) is 25.6 Å². The summed E-state index contributed by atoms with van der Waals surface area (Å²) >= 11 is 3.27. The molecule has 1 unspecified atom stereocenters. The molecule has 0 saturated heterocycles. The number of nitrogens with zero attached hydrogens (tertiary/aromatic N) is 2. The Labute approximate surface area is 109 Å². The maximum Gasteiger partial charge on any atom is 0.194 e. The van der Waals surface area contributed by atoms with E-state index in [1.807, 2.05) is 18.5 Å². The maximum atomic E-state index is 9.12. The molecule has 17 heavy (non-hydrogen) atoms. The number of nitrogens with one attached hydrogen (secondary N) is 1. The standard InChI is InChI=1S/C11H17N3OS2/c1-3-12-6-9-10(17-8(2)7-15)13-11-14(9)4-5-16-11/h4-5,8,12,15H,3,6-7H2,1-2H3. The number of aromatic nitrogens is 2. The van der Waals surface area contributed by atoms with Crippen LogP contribution in [0.2, 0.25) is 0 Å². The number of thioether (sulfide) groups is 1. The van der Waals surface area contributed by atoms with Gasteiger partial charge in [-0.15, -0.1) is 11.3 Å². The van der Waals surface area contributed by atoms with Crippen molar-refractivity contribution >= 4 is 28.1 Å². The first-order chi connectivity index (χ1) is 8.26. The van der Waals surface area contributed by atoms with Crippen molar-refractivity contribution in [3.05, 3.63) is 17.3 Å². The molecule has 0 fully saturated rings. The van der Waals surface area contributed by atoms with E-state index in [-0.39, 0.29) is 11.9 Å². The van der Waals surface area contributed by atoms with Gasteiger partial charge in [0.2, 0.25) is 0 Å². The van der Waals surface area contributed by atoms with Crippen molar-refractivity contribution in [2.24, 2.45) is 0 Å². The lowest BCUT2D eigenvalue weighted by Gasteiger charge is -2.08. The summed E-state index contributed by atoms with van der Waals surface area (Å²) in [6.45, 7) is 6.03. The van der Waals surface area contributed by atoms with Gasteiger partial charge in [0.15, 0.2) is 4.96 Å². The molecule has 94 valence electrons. The third-order valence-corrected chi connectivity index (χ3v) is 4.29. The lowest BCUT2D eigenvalue weighted by atomic mass is 10.4. The van der Waals surface area contributed by atoms with E-state index >= 15 is 0 Å². The van der Waals surface area contributed by atoms with Gasteiger partial charge >= 0.3 is 0 Å². The minimum atomic E-state index is 0.177. The molecule has 0 bridgehead atoms. The zero-order valence-corrected chi connectivity index (χ0v) is 11.6. The molecule has 0 aliphatic rings. The van der Waals surface area contributed by atoms with Crippen LogP contribution >= 0.6 is 23.1 Å². The Morgan fingerprint density at radius 3 is 3.18 bits per heavy atom. The highest BCUT2D eigenvalue weighted by Crippen LogP contribution is 2.28. The van der Waals surface area contributed by atoms with E-state index in [4.69, 9.17) is 5.11 Å². The first-order valence-corrected chi connectivity index (χ1v) is 7.44. The summed E-state index contributed by atoms with van der Waals surface area (Å²) in [5.41, 5.74) is 1.19. The first-order valence-electron chi connectivity index (χ1n) is 5.69. The van der Waals surface area contributed by atoms with Crippen molar-refractivity contribution in [1.29, 1.82) is 0 Å². The van der Waals surface area contributed by atoms with Gasteiger partial charge < -0.3 is 10.4 Å². The fraction of sp³-hybridized carbons (Fsp3) is 0.545. The largest absolute Gasteiger partial charge is 0.395 e. The number of hydrogen-bond acceptors (Lipinski definition) is 5. The van der Waals surface area contributed by atoms with E-state index in [1.54, 1.807) is 23.1 Å². The Balaban J connectivity index is 2.28. The van der Waals surface area contributed by atoms with Crippen LogP contribution in [0.5, 0.6) is 0 Å². The Bertz CT molecular complexity index is 480. The van der Waals surface area contributed by atoms with Gasteiger partial charge in [0.25, 0.3) is 0 Å². The molecular formula is C11H17N3OS2. The molecule has 0 saturated carbocycles. The van der Waals surface area contributed by atoms with E-state index in [1.165, 1.54) is 5.69 Å². The SMILES string of the molecule is CCNCc1c(SC(C)CO)nc2sccn12. The average Bonchev–Trinajstić information content (AvgIpc) is 2.87. The van der Waals surface area contributed by atoms with Crippen molar-refractivity contribution in [3.8, 4) is 0 Å². The molecule has 4 nitrogen and oxygen atoms in total. The van der Waals surface area contributed by atoms with Crippen LogP contribution in [-0.4, -0.2) is 32.9 Å². The van der Waals surface area contributed by atoms with Crippen molar-refractivity contribution < 1.29 is 5.11 Å². The second-order valence-electron chi connectivity index (χ2n) is 3.81. The molecule has 6 heteroatoms. The molecule has 2 aromatic rings. The van der Waals surface area contributed by atoms with Gasteiger partial charge in [-0.25, -0.2) is 4.98 Å². The van der Waals surface area contributed by atoms with E-state index in [9.17, 15) is 0 Å². The van der Waals surface area contributed by atoms with E-state index < -0.39 is 0 Å². The third-order valence-electron chi connectivity index (χ3n) is 2.44. The molecule has 1 atom stereocenters. The summed E-state index contributed by atoms with van der Waals surface area (Å²) in [5, 5.41) is 15.7. The predicted octanol–water partition coefficient (Wildman–Crippen LogP) is 1.98. The number of fused-ring (bicyclic) bond motifs is 1. The van der Waals surface area contributed by atoms with Crippen LogP contribution in [0.3, 0.4) is 0 Å². The number of aliphatic hydroxyl groups excluding tert-OH is 1. The van der Waals surface area contributed by atoms with Gasteiger partial charge in [-0.2, -0.15) is 0 Å². The summed E-state index contributed by atoms with van der Waals surface area (Å²) in [7, 11) is 0. The number of aliphatic hydroxyl groups is 1. The Morgan fingerprint density at radius 1 is 1.65 bits per heavy atom. The van der Waals surface area contributed by atoms with Crippen LogP contribution < -0.4 is 5.32 Å². The summed E-state index contributed by atoms with van der Waals surface area (Å²) < 4.78 is 2.12. The molecule has 0 spiro atoms.